The summed E-state index contributed by atoms with van der Waals surface area (Å²) in [6, 6.07) is 6.38. The fourth-order valence-electron chi connectivity index (χ4n) is 4.37. The Morgan fingerprint density at radius 1 is 1.08 bits per heavy atom. The molecule has 0 spiro atoms. The van der Waals surface area contributed by atoms with Crippen molar-refractivity contribution in [3.63, 3.8) is 0 Å². The van der Waals surface area contributed by atoms with E-state index in [1.54, 1.807) is 12.1 Å². The first kappa shape index (κ1) is 16.9. The Bertz CT molecular complexity index is 767. The first-order chi connectivity index (χ1) is 12.2. The molecule has 3 N–H and O–H groups in total. The van der Waals surface area contributed by atoms with E-state index in [0.29, 0.717) is 12.0 Å². The van der Waals surface area contributed by atoms with Crippen LogP contribution < -0.4 is 5.32 Å². The Morgan fingerprint density at radius 3 is 2.76 bits per heavy atom. The average Bonchev–Trinajstić information content (AvgIpc) is 3.02. The highest BCUT2D eigenvalue weighted by Crippen LogP contribution is 2.46. The van der Waals surface area contributed by atoms with Crippen LogP contribution in [-0.4, -0.2) is 16.3 Å². The maximum atomic E-state index is 10.0. The number of fused-ring (bicyclic) bond motifs is 5. The van der Waals surface area contributed by atoms with Crippen LogP contribution in [0.25, 0.3) is 0 Å². The minimum absolute atomic E-state index is 0.00266. The van der Waals surface area contributed by atoms with Gasteiger partial charge >= 0.3 is 0 Å². The van der Waals surface area contributed by atoms with Crippen LogP contribution >= 0.6 is 11.3 Å². The lowest BCUT2D eigenvalue weighted by atomic mass is 9.75. The number of benzene rings is 1. The van der Waals surface area contributed by atoms with Gasteiger partial charge in [-0.2, -0.15) is 0 Å². The zero-order chi connectivity index (χ0) is 17.4. The molecule has 4 rings (SSSR count). The Balaban J connectivity index is 1.64. The average molecular weight is 358 g/mol. The molecule has 1 aliphatic heterocycles. The largest absolute Gasteiger partial charge is 0.504 e. The standard InChI is InChI=1S/C21H27NO2S/c1-2-3-4-5-6-15-9-14-12-22-17-8-7-13-10-18(23)19(24)11-16(13)20(17)21(14)25-15/h9-11,17,20,22-24H,2-8,12H2,1H3. The van der Waals surface area contributed by atoms with Crippen LogP contribution in [0.3, 0.4) is 0 Å². The number of aromatic hydroxyl groups is 2. The highest BCUT2D eigenvalue weighted by atomic mass is 32.1. The summed E-state index contributed by atoms with van der Waals surface area (Å²) in [7, 11) is 0. The van der Waals surface area contributed by atoms with Gasteiger partial charge in [0.05, 0.1) is 0 Å². The van der Waals surface area contributed by atoms with E-state index >= 15 is 0 Å². The molecule has 4 heteroatoms. The SMILES string of the molecule is CCCCCCc1cc2c(s1)C1c3cc(O)c(O)cc3CCC1NC2. The molecule has 2 aromatic rings. The lowest BCUT2D eigenvalue weighted by molar-refractivity contribution is 0.383. The first-order valence-electron chi connectivity index (χ1n) is 9.57. The minimum Gasteiger partial charge on any atom is -0.504 e. The van der Waals surface area contributed by atoms with Crippen molar-refractivity contribution < 1.29 is 10.2 Å². The lowest BCUT2D eigenvalue weighted by Gasteiger charge is -2.38. The van der Waals surface area contributed by atoms with Crippen LogP contribution in [-0.2, 0) is 19.4 Å². The molecule has 2 heterocycles. The molecule has 0 saturated carbocycles. The molecule has 25 heavy (non-hydrogen) atoms. The van der Waals surface area contributed by atoms with Crippen LogP contribution in [0.15, 0.2) is 18.2 Å². The molecular weight excluding hydrogens is 330 g/mol. The van der Waals surface area contributed by atoms with Gasteiger partial charge in [0, 0.05) is 28.3 Å². The number of hydrogen-bond donors (Lipinski definition) is 3. The maximum absolute atomic E-state index is 10.0. The van der Waals surface area contributed by atoms with Crippen LogP contribution in [0, 0.1) is 0 Å². The summed E-state index contributed by atoms with van der Waals surface area (Å²) in [5, 5.41) is 23.6. The fourth-order valence-corrected chi connectivity index (χ4v) is 5.78. The van der Waals surface area contributed by atoms with E-state index in [-0.39, 0.29) is 11.5 Å². The number of unbranched alkanes of at least 4 members (excludes halogenated alkanes) is 3. The Labute approximate surface area is 153 Å². The van der Waals surface area contributed by atoms with Gasteiger partial charge < -0.3 is 15.5 Å². The van der Waals surface area contributed by atoms with Gasteiger partial charge in [-0.05, 0) is 60.6 Å². The minimum atomic E-state index is 0.00266. The molecule has 3 nitrogen and oxygen atoms in total. The number of phenols is 2. The van der Waals surface area contributed by atoms with E-state index in [4.69, 9.17) is 0 Å². The van der Waals surface area contributed by atoms with Crippen molar-refractivity contribution in [3.05, 3.63) is 44.6 Å². The number of nitrogens with one attached hydrogen (secondary N) is 1. The highest BCUT2D eigenvalue weighted by Gasteiger charge is 2.37. The second-order valence-corrected chi connectivity index (χ2v) is 8.62. The van der Waals surface area contributed by atoms with E-state index in [1.165, 1.54) is 58.5 Å². The third kappa shape index (κ3) is 3.18. The van der Waals surface area contributed by atoms with Gasteiger partial charge in [0.15, 0.2) is 11.5 Å². The molecule has 2 unspecified atom stereocenters. The second kappa shape index (κ2) is 7.00. The molecule has 0 saturated heterocycles. The molecule has 2 aliphatic rings. The Hall–Kier alpha value is -1.52. The molecule has 0 fully saturated rings. The first-order valence-corrected chi connectivity index (χ1v) is 10.4. The molecule has 1 aliphatic carbocycles. The molecule has 2 atom stereocenters. The number of phenolic OH excluding ortho intramolecular Hbond substituents is 2. The van der Waals surface area contributed by atoms with Gasteiger partial charge in [-0.1, -0.05) is 26.2 Å². The van der Waals surface area contributed by atoms with Gasteiger partial charge in [0.1, 0.15) is 0 Å². The second-order valence-electron chi connectivity index (χ2n) is 7.46. The van der Waals surface area contributed by atoms with Crippen LogP contribution in [0.1, 0.15) is 71.4 Å². The van der Waals surface area contributed by atoms with Crippen molar-refractivity contribution in [1.29, 1.82) is 0 Å². The van der Waals surface area contributed by atoms with Gasteiger partial charge in [-0.3, -0.25) is 0 Å². The van der Waals surface area contributed by atoms with Crippen LogP contribution in [0.5, 0.6) is 11.5 Å². The highest BCUT2D eigenvalue weighted by molar-refractivity contribution is 7.12. The molecule has 1 aromatic heterocycles. The van der Waals surface area contributed by atoms with E-state index in [9.17, 15) is 10.2 Å². The third-order valence-electron chi connectivity index (χ3n) is 5.71. The topological polar surface area (TPSA) is 52.5 Å². The number of rotatable bonds is 5. The number of aryl methyl sites for hydroxylation is 2. The van der Waals surface area contributed by atoms with Crippen LogP contribution in [0.4, 0.5) is 0 Å². The van der Waals surface area contributed by atoms with Crippen molar-refractivity contribution in [3.8, 4) is 11.5 Å². The zero-order valence-electron chi connectivity index (χ0n) is 14.8. The summed E-state index contributed by atoms with van der Waals surface area (Å²) in [6.07, 6.45) is 8.43. The molecule has 0 radical (unpaired) electrons. The van der Waals surface area contributed by atoms with Crippen molar-refractivity contribution in [2.24, 2.45) is 0 Å². The maximum Gasteiger partial charge on any atom is 0.157 e. The predicted octanol–water partition coefficient (Wildman–Crippen LogP) is 4.83. The lowest BCUT2D eigenvalue weighted by Crippen LogP contribution is -2.41. The van der Waals surface area contributed by atoms with Gasteiger partial charge in [0.25, 0.3) is 0 Å². The molecule has 1 aromatic carbocycles. The van der Waals surface area contributed by atoms with E-state index < -0.39 is 0 Å². The zero-order valence-corrected chi connectivity index (χ0v) is 15.7. The van der Waals surface area contributed by atoms with Crippen molar-refractivity contribution >= 4 is 11.3 Å². The van der Waals surface area contributed by atoms with Gasteiger partial charge in [0.2, 0.25) is 0 Å². The van der Waals surface area contributed by atoms with E-state index in [1.807, 2.05) is 11.3 Å². The summed E-state index contributed by atoms with van der Waals surface area (Å²) >= 11 is 1.97. The third-order valence-corrected chi connectivity index (χ3v) is 7.03. The quantitative estimate of drug-likeness (QED) is 0.530. The number of thiophene rings is 1. The monoisotopic (exact) mass is 357 g/mol. The smallest absolute Gasteiger partial charge is 0.157 e. The van der Waals surface area contributed by atoms with Crippen molar-refractivity contribution in [2.45, 2.75) is 70.4 Å². The van der Waals surface area contributed by atoms with E-state index in [0.717, 1.165) is 19.4 Å². The summed E-state index contributed by atoms with van der Waals surface area (Å²) in [6.45, 7) is 3.21. The molecular formula is C21H27NO2S. The normalized spacial score (nSPS) is 21.5. The Kier molecular flexibility index (Phi) is 4.74. The molecule has 0 bridgehead atoms. The van der Waals surface area contributed by atoms with Crippen molar-refractivity contribution in [1.82, 2.24) is 5.32 Å². The summed E-state index contributed by atoms with van der Waals surface area (Å²) < 4.78 is 0. The fraction of sp³-hybridized carbons (Fsp3) is 0.524. The van der Waals surface area contributed by atoms with Gasteiger partial charge in [-0.25, -0.2) is 0 Å². The van der Waals surface area contributed by atoms with Crippen LogP contribution in [0.2, 0.25) is 0 Å². The number of hydrogen-bond acceptors (Lipinski definition) is 4. The predicted molar refractivity (Wildman–Crippen MR) is 103 cm³/mol. The van der Waals surface area contributed by atoms with E-state index in [2.05, 4.69) is 18.3 Å². The van der Waals surface area contributed by atoms with Gasteiger partial charge in [-0.15, -0.1) is 11.3 Å². The molecule has 0 amide bonds. The summed E-state index contributed by atoms with van der Waals surface area (Å²) in [5.74, 6) is 0.320. The van der Waals surface area contributed by atoms with Crippen molar-refractivity contribution in [2.75, 3.05) is 0 Å². The summed E-state index contributed by atoms with van der Waals surface area (Å²) in [4.78, 5) is 2.97. The Morgan fingerprint density at radius 2 is 1.92 bits per heavy atom. The molecule has 134 valence electrons. The summed E-state index contributed by atoms with van der Waals surface area (Å²) in [5.41, 5.74) is 3.81.